The topological polar surface area (TPSA) is 15.6 Å². The Bertz CT molecular complexity index is 712. The molecule has 0 radical (unpaired) electrons. The Morgan fingerprint density at radius 2 is 1.87 bits per heavy atom. The summed E-state index contributed by atoms with van der Waals surface area (Å²) in [6, 6.07) is 7.96. The minimum Gasteiger partial charge on any atom is -0.366 e. The van der Waals surface area contributed by atoms with Gasteiger partial charge in [0.05, 0.1) is 17.0 Å². The first-order valence-corrected chi connectivity index (χ1v) is 8.21. The summed E-state index contributed by atoms with van der Waals surface area (Å²) < 4.78 is 13.9. The van der Waals surface area contributed by atoms with E-state index in [9.17, 15) is 4.39 Å². The summed E-state index contributed by atoms with van der Waals surface area (Å²) in [5.74, 6) is -0.364. The van der Waals surface area contributed by atoms with E-state index in [0.717, 1.165) is 6.54 Å². The Morgan fingerprint density at radius 1 is 1.13 bits per heavy atom. The monoisotopic (exact) mass is 372 g/mol. The van der Waals surface area contributed by atoms with Gasteiger partial charge in [-0.05, 0) is 36.8 Å². The zero-order valence-corrected chi connectivity index (χ0v) is 15.1. The molecule has 0 aliphatic heterocycles. The number of hydrogen-bond acceptors (Lipinski definition) is 1. The van der Waals surface area contributed by atoms with E-state index in [2.05, 4.69) is 4.99 Å². The van der Waals surface area contributed by atoms with Crippen molar-refractivity contribution in [3.05, 3.63) is 62.3 Å². The van der Waals surface area contributed by atoms with Gasteiger partial charge >= 0.3 is 0 Å². The van der Waals surface area contributed by atoms with Crippen molar-refractivity contribution in [2.45, 2.75) is 13.3 Å². The molecule has 122 valence electrons. The summed E-state index contributed by atoms with van der Waals surface area (Å²) >= 11 is 18.6. The molecule has 0 N–H and O–H groups in total. The summed E-state index contributed by atoms with van der Waals surface area (Å²) in [4.78, 5) is 6.22. The van der Waals surface area contributed by atoms with Gasteiger partial charge in [-0.2, -0.15) is 0 Å². The number of rotatable bonds is 5. The summed E-state index contributed by atoms with van der Waals surface area (Å²) in [5.41, 5.74) is 1.67. The normalized spacial score (nSPS) is 11.2. The Balaban J connectivity index is 2.32. The van der Waals surface area contributed by atoms with E-state index in [4.69, 9.17) is 34.8 Å². The van der Waals surface area contributed by atoms with E-state index in [0.29, 0.717) is 31.9 Å². The number of aliphatic imine (C=N–C) groups is 1. The van der Waals surface area contributed by atoms with Crippen molar-refractivity contribution < 1.29 is 4.39 Å². The summed E-state index contributed by atoms with van der Waals surface area (Å²) in [6.07, 6.45) is 1.95. The highest BCUT2D eigenvalue weighted by atomic mass is 35.5. The summed E-state index contributed by atoms with van der Waals surface area (Å²) in [5, 5.41) is 1.29. The molecule has 0 heterocycles. The van der Waals surface area contributed by atoms with E-state index in [1.54, 1.807) is 30.6 Å². The lowest BCUT2D eigenvalue weighted by Crippen LogP contribution is -2.14. The minimum absolute atomic E-state index is 0.267. The fourth-order valence-corrected chi connectivity index (χ4v) is 2.64. The van der Waals surface area contributed by atoms with Crippen molar-refractivity contribution in [2.75, 3.05) is 13.6 Å². The molecule has 0 aliphatic rings. The SMILES string of the molecule is CCN(C)C=Nc1cc(Cl)c(Cc2c(F)cccc2Cl)cc1Cl. The molecule has 0 saturated heterocycles. The molecule has 2 aromatic rings. The van der Waals surface area contributed by atoms with E-state index >= 15 is 0 Å². The molecular formula is C17H16Cl3FN2. The van der Waals surface area contributed by atoms with Gasteiger partial charge in [0, 0.05) is 35.6 Å². The maximum atomic E-state index is 13.9. The third-order valence-corrected chi connectivity index (χ3v) is 4.45. The Kier molecular flexibility index (Phi) is 6.28. The first-order chi connectivity index (χ1) is 10.9. The highest BCUT2D eigenvalue weighted by Gasteiger charge is 2.12. The van der Waals surface area contributed by atoms with Crippen molar-refractivity contribution in [3.8, 4) is 0 Å². The maximum Gasteiger partial charge on any atom is 0.128 e. The molecule has 23 heavy (non-hydrogen) atoms. The van der Waals surface area contributed by atoms with Gasteiger partial charge in [-0.15, -0.1) is 0 Å². The van der Waals surface area contributed by atoms with Crippen LogP contribution in [0.4, 0.5) is 10.1 Å². The molecule has 0 unspecified atom stereocenters. The lowest BCUT2D eigenvalue weighted by atomic mass is 10.0. The second-order valence-electron chi connectivity index (χ2n) is 5.09. The molecule has 2 aromatic carbocycles. The molecule has 6 heteroatoms. The minimum atomic E-state index is -0.364. The smallest absolute Gasteiger partial charge is 0.128 e. The van der Waals surface area contributed by atoms with Crippen molar-refractivity contribution in [3.63, 3.8) is 0 Å². The van der Waals surface area contributed by atoms with Crippen LogP contribution in [0.3, 0.4) is 0 Å². The molecule has 0 aliphatic carbocycles. The van der Waals surface area contributed by atoms with Gasteiger partial charge in [0.25, 0.3) is 0 Å². The van der Waals surface area contributed by atoms with Crippen molar-refractivity contribution in [2.24, 2.45) is 4.99 Å². The molecular weight excluding hydrogens is 358 g/mol. The predicted molar refractivity (Wildman–Crippen MR) is 97.1 cm³/mol. The molecule has 2 rings (SSSR count). The van der Waals surface area contributed by atoms with Crippen LogP contribution in [0.1, 0.15) is 18.1 Å². The highest BCUT2D eigenvalue weighted by Crippen LogP contribution is 2.33. The summed E-state index contributed by atoms with van der Waals surface area (Å²) in [7, 11) is 1.91. The van der Waals surface area contributed by atoms with Gasteiger partial charge in [-0.25, -0.2) is 9.38 Å². The van der Waals surface area contributed by atoms with Gasteiger partial charge < -0.3 is 4.90 Å². The molecule has 0 fully saturated rings. The predicted octanol–water partition coefficient (Wildman–Crippen LogP) is 5.99. The van der Waals surface area contributed by atoms with E-state index in [1.807, 2.05) is 18.9 Å². The zero-order chi connectivity index (χ0) is 17.0. The van der Waals surface area contributed by atoms with Crippen LogP contribution in [-0.4, -0.2) is 24.8 Å². The van der Waals surface area contributed by atoms with Crippen LogP contribution < -0.4 is 0 Å². The quantitative estimate of drug-likeness (QED) is 0.464. The lowest BCUT2D eigenvalue weighted by Gasteiger charge is -2.11. The van der Waals surface area contributed by atoms with E-state index < -0.39 is 0 Å². The molecule has 0 atom stereocenters. The van der Waals surface area contributed by atoms with Crippen molar-refractivity contribution >= 4 is 46.8 Å². The van der Waals surface area contributed by atoms with E-state index in [-0.39, 0.29) is 12.2 Å². The average Bonchev–Trinajstić information content (AvgIpc) is 2.52. The molecule has 0 saturated carbocycles. The first-order valence-electron chi connectivity index (χ1n) is 7.07. The van der Waals surface area contributed by atoms with Crippen LogP contribution in [0.25, 0.3) is 0 Å². The number of halogens is 4. The van der Waals surface area contributed by atoms with Crippen molar-refractivity contribution in [1.29, 1.82) is 0 Å². The van der Waals surface area contributed by atoms with Crippen LogP contribution in [0.15, 0.2) is 35.3 Å². The number of benzene rings is 2. The zero-order valence-electron chi connectivity index (χ0n) is 12.8. The fourth-order valence-electron chi connectivity index (χ4n) is 1.95. The lowest BCUT2D eigenvalue weighted by molar-refractivity contribution is 0.552. The average molecular weight is 374 g/mol. The van der Waals surface area contributed by atoms with Crippen LogP contribution in [0.5, 0.6) is 0 Å². The second kappa shape index (κ2) is 8.00. The Morgan fingerprint density at radius 3 is 2.52 bits per heavy atom. The number of hydrogen-bond donors (Lipinski definition) is 0. The van der Waals surface area contributed by atoms with Crippen LogP contribution in [-0.2, 0) is 6.42 Å². The Hall–Kier alpha value is -1.29. The standard InChI is InChI=1S/C17H16Cl3FN2/c1-3-23(2)10-22-17-9-14(19)11(8-15(17)20)7-12-13(18)5-4-6-16(12)21/h4-6,8-10H,3,7H2,1-2H3. The maximum absolute atomic E-state index is 13.9. The number of nitrogens with zero attached hydrogens (tertiary/aromatic N) is 2. The van der Waals surface area contributed by atoms with Gasteiger partial charge in [0.1, 0.15) is 5.82 Å². The molecule has 0 amide bonds. The van der Waals surface area contributed by atoms with Crippen molar-refractivity contribution in [1.82, 2.24) is 4.90 Å². The van der Waals surface area contributed by atoms with Crippen LogP contribution >= 0.6 is 34.8 Å². The third kappa shape index (κ3) is 4.60. The fraction of sp³-hybridized carbons (Fsp3) is 0.235. The van der Waals surface area contributed by atoms with Crippen LogP contribution in [0.2, 0.25) is 15.1 Å². The first kappa shape index (κ1) is 18.1. The second-order valence-corrected chi connectivity index (χ2v) is 6.31. The highest BCUT2D eigenvalue weighted by molar-refractivity contribution is 6.35. The van der Waals surface area contributed by atoms with Gasteiger partial charge in [0.15, 0.2) is 0 Å². The van der Waals surface area contributed by atoms with E-state index in [1.165, 1.54) is 6.07 Å². The largest absolute Gasteiger partial charge is 0.366 e. The molecule has 0 spiro atoms. The molecule has 0 bridgehead atoms. The molecule has 0 aromatic heterocycles. The van der Waals surface area contributed by atoms with Gasteiger partial charge in [0.2, 0.25) is 0 Å². The Labute approximate surface area is 150 Å². The molecule has 2 nitrogen and oxygen atoms in total. The third-order valence-electron chi connectivity index (χ3n) is 3.44. The van der Waals surface area contributed by atoms with Gasteiger partial charge in [-0.1, -0.05) is 40.9 Å². The summed E-state index contributed by atoms with van der Waals surface area (Å²) in [6.45, 7) is 2.85. The van der Waals surface area contributed by atoms with Gasteiger partial charge in [-0.3, -0.25) is 0 Å². The van der Waals surface area contributed by atoms with Crippen LogP contribution in [0, 0.1) is 5.82 Å².